The predicted octanol–water partition coefficient (Wildman–Crippen LogP) is 4.53. The molecule has 1 heterocycles. The van der Waals surface area contributed by atoms with Crippen LogP contribution in [0.15, 0.2) is 60.2 Å². The van der Waals surface area contributed by atoms with E-state index in [1.807, 2.05) is 30.3 Å². The number of esters is 1. The third-order valence-electron chi connectivity index (χ3n) is 21.2. The summed E-state index contributed by atoms with van der Waals surface area (Å²) in [6.07, 6.45) is 19.1. The van der Waals surface area contributed by atoms with Gasteiger partial charge in [0.2, 0.25) is 0 Å². The summed E-state index contributed by atoms with van der Waals surface area (Å²) in [6.45, 7) is -0.682. The molecule has 10 aliphatic carbocycles. The van der Waals surface area contributed by atoms with Gasteiger partial charge in [0.05, 0.1) is 36.1 Å². The van der Waals surface area contributed by atoms with Crippen molar-refractivity contribution in [1.29, 1.82) is 0 Å². The molecule has 7 N–H and O–H groups in total. The number of aldehydes is 1. The topological polar surface area (TPSA) is 177 Å². The molecule has 0 radical (unpaired) electrons. The molecule has 10 heteroatoms. The van der Waals surface area contributed by atoms with E-state index in [0.29, 0.717) is 68.8 Å². The Bertz CT molecular complexity index is 2240. The smallest absolute Gasteiger partial charge is 0.331 e. The summed E-state index contributed by atoms with van der Waals surface area (Å²) < 4.78 is 6.29. The first-order valence-corrected chi connectivity index (χ1v) is 24.6. The molecule has 10 nitrogen and oxygen atoms in total. The number of allylic oxidation sites excluding steroid dienone is 4. The van der Waals surface area contributed by atoms with Crippen LogP contribution in [-0.2, 0) is 20.7 Å². The first-order valence-electron chi connectivity index (χ1n) is 24.6. The maximum Gasteiger partial charge on any atom is 0.331 e. The number of hydrogen-bond acceptors (Lipinski definition) is 10. The summed E-state index contributed by atoms with van der Waals surface area (Å²) in [6, 6.07) is 7.63. The van der Waals surface area contributed by atoms with Crippen LogP contribution >= 0.6 is 0 Å². The van der Waals surface area contributed by atoms with Crippen molar-refractivity contribution < 1.29 is 45.0 Å². The highest BCUT2D eigenvalue weighted by Gasteiger charge is 2.88. The van der Waals surface area contributed by atoms with E-state index in [2.05, 4.69) is 35.4 Å². The predicted molar refractivity (Wildman–Crippen MR) is 232 cm³/mol. The van der Waals surface area contributed by atoms with Crippen LogP contribution in [0.1, 0.15) is 101 Å². The van der Waals surface area contributed by atoms with Gasteiger partial charge >= 0.3 is 5.97 Å². The summed E-state index contributed by atoms with van der Waals surface area (Å²) in [5.41, 5.74) is -6.76. The molecule has 7 saturated carbocycles. The number of carbonyl (C=O) groups excluding carboxylic acids is 2. The van der Waals surface area contributed by atoms with E-state index in [0.717, 1.165) is 23.8 Å². The number of aliphatic hydroxyl groups excluding tert-OH is 3. The lowest BCUT2D eigenvalue weighted by Crippen LogP contribution is -2.84. The number of nitrogens with one attached hydrogen (secondary N) is 1. The minimum Gasteiger partial charge on any atom is -0.454 e. The Balaban J connectivity index is 1.08. The average molecular weight is 860 g/mol. The molecule has 336 valence electrons. The molecular weight excluding hydrogens is 795 g/mol. The summed E-state index contributed by atoms with van der Waals surface area (Å²) in [7, 11) is 0. The van der Waals surface area contributed by atoms with E-state index in [1.54, 1.807) is 6.08 Å². The summed E-state index contributed by atoms with van der Waals surface area (Å²) in [4.78, 5) is 28.4. The second-order valence-electron chi connectivity index (χ2n) is 22.6. The minimum absolute atomic E-state index is 0.0654. The second kappa shape index (κ2) is 14.2. The molecule has 11 aliphatic rings. The van der Waals surface area contributed by atoms with Crippen LogP contribution in [0.25, 0.3) is 0 Å². The molecule has 1 aliphatic heterocycles. The van der Waals surface area contributed by atoms with Gasteiger partial charge in [-0.1, -0.05) is 80.0 Å². The van der Waals surface area contributed by atoms with Crippen molar-refractivity contribution in [3.05, 3.63) is 71.3 Å². The van der Waals surface area contributed by atoms with Crippen LogP contribution in [0.5, 0.6) is 0 Å². The molecule has 63 heavy (non-hydrogen) atoms. The van der Waals surface area contributed by atoms with Crippen LogP contribution < -0.4 is 5.32 Å². The number of benzene rings is 1. The molecule has 1 aromatic carbocycles. The van der Waals surface area contributed by atoms with E-state index in [1.165, 1.54) is 25.7 Å². The Morgan fingerprint density at radius 1 is 0.905 bits per heavy atom. The summed E-state index contributed by atoms with van der Waals surface area (Å²) >= 11 is 0. The Morgan fingerprint density at radius 3 is 2.51 bits per heavy atom. The van der Waals surface area contributed by atoms with E-state index >= 15 is 0 Å². The lowest BCUT2D eigenvalue weighted by atomic mass is 9.30. The van der Waals surface area contributed by atoms with Crippen LogP contribution in [0.3, 0.4) is 0 Å². The van der Waals surface area contributed by atoms with E-state index in [-0.39, 0.29) is 50.0 Å². The van der Waals surface area contributed by atoms with Crippen molar-refractivity contribution in [2.45, 2.75) is 131 Å². The molecule has 12 rings (SSSR count). The average Bonchev–Trinajstić information content (AvgIpc) is 3.98. The summed E-state index contributed by atoms with van der Waals surface area (Å²) in [5, 5.41) is 81.5. The standard InChI is InChI=1S/C53H65NO9/c55-27-49-36-20-40(46-42(49)23-45(59)63-46)43(54-29-57)19-32-12-4-1-8-30(32)9-5-6-17-48(49)24-34-15-16-35-22-44(58)41-18-33-13-7-14-38(31-10-2-3-11-31)39(33)21-37-25-51(60,52(48,61)26-36)47(34)50(35,28-56)53(37,41)62/h1,4,7-8,12-13,15-16,23,28,31,33-41,43-44,46-47,54-55,57-58,60-62H,2-3,6,10-11,14,17-22,24-27,29H2. The monoisotopic (exact) mass is 859 g/mol. The van der Waals surface area contributed by atoms with Gasteiger partial charge in [0, 0.05) is 52.7 Å². The van der Waals surface area contributed by atoms with Crippen molar-refractivity contribution in [3.8, 4) is 11.8 Å². The van der Waals surface area contributed by atoms with Crippen LogP contribution in [-0.4, -0.2) is 91.3 Å². The van der Waals surface area contributed by atoms with Crippen molar-refractivity contribution >= 4 is 12.3 Å². The minimum atomic E-state index is -1.90. The molecular formula is C53H65NO9. The van der Waals surface area contributed by atoms with Crippen LogP contribution in [0, 0.1) is 93.2 Å². The molecule has 1 spiro atoms. The van der Waals surface area contributed by atoms with Crippen molar-refractivity contribution in [2.75, 3.05) is 13.3 Å². The number of fused-ring (bicyclic) bond motifs is 6. The molecule has 0 saturated heterocycles. The van der Waals surface area contributed by atoms with Gasteiger partial charge in [-0.25, -0.2) is 4.79 Å². The van der Waals surface area contributed by atoms with Crippen LogP contribution in [0.2, 0.25) is 0 Å². The van der Waals surface area contributed by atoms with E-state index in [4.69, 9.17) is 4.74 Å². The fourth-order valence-corrected chi connectivity index (χ4v) is 19.2. The number of ether oxygens (including phenoxy) is 1. The first-order chi connectivity index (χ1) is 30.4. The SMILES string of the molecule is O=CC12C3C=CC4CC56CCC#Cc7ccccc7CC(NCO)C7CC(CC5(O)C(O)(CC5CC8C(C=CCC8C8CCCC8)CC(C(O)C3)C51O)C42)C6(CO)C1=CC(=O)OC17. The fourth-order valence-electron chi connectivity index (χ4n) is 19.2. The number of carbonyl (C=O) groups is 2. The number of rotatable bonds is 5. The fraction of sp³-hybridized carbons (Fsp3) is 0.698. The number of hydrogen-bond donors (Lipinski definition) is 7. The molecule has 19 unspecified atom stereocenters. The van der Waals surface area contributed by atoms with E-state index < -0.39 is 86.7 Å². The first kappa shape index (κ1) is 41.3. The highest BCUT2D eigenvalue weighted by molar-refractivity contribution is 5.87. The quantitative estimate of drug-likeness (QED) is 0.0733. The molecule has 1 aromatic rings. The third-order valence-corrected chi connectivity index (χ3v) is 21.2. The zero-order chi connectivity index (χ0) is 43.3. The van der Waals surface area contributed by atoms with Crippen molar-refractivity contribution in [3.63, 3.8) is 0 Å². The zero-order valence-corrected chi connectivity index (χ0v) is 36.3. The zero-order valence-electron chi connectivity index (χ0n) is 36.3. The molecule has 0 aromatic heterocycles. The normalized spacial score (nSPS) is 52.2. The van der Waals surface area contributed by atoms with Gasteiger partial charge < -0.3 is 40.2 Å². The Kier molecular flexibility index (Phi) is 9.30. The number of aliphatic hydroxyl groups is 6. The third kappa shape index (κ3) is 4.96. The van der Waals surface area contributed by atoms with E-state index in [9.17, 15) is 40.2 Å². The van der Waals surface area contributed by atoms with Crippen molar-refractivity contribution in [2.24, 2.45) is 81.3 Å². The largest absolute Gasteiger partial charge is 0.454 e. The van der Waals surface area contributed by atoms with Gasteiger partial charge in [0.15, 0.2) is 0 Å². The van der Waals surface area contributed by atoms with Gasteiger partial charge in [-0.05, 0) is 129 Å². The lowest BCUT2D eigenvalue weighted by molar-refractivity contribution is -0.365. The molecule has 0 amide bonds. The Labute approximate surface area is 370 Å². The van der Waals surface area contributed by atoms with Crippen LogP contribution in [0.4, 0.5) is 0 Å². The van der Waals surface area contributed by atoms with Gasteiger partial charge in [-0.15, -0.1) is 0 Å². The van der Waals surface area contributed by atoms with Gasteiger partial charge in [0.1, 0.15) is 18.0 Å². The van der Waals surface area contributed by atoms with Crippen molar-refractivity contribution in [1.82, 2.24) is 5.32 Å². The Morgan fingerprint density at radius 2 is 1.71 bits per heavy atom. The summed E-state index contributed by atoms with van der Waals surface area (Å²) in [5.74, 6) is 3.94. The lowest BCUT2D eigenvalue weighted by Gasteiger charge is -2.76. The van der Waals surface area contributed by atoms with Gasteiger partial charge in [-0.3, -0.25) is 5.32 Å². The Hall–Kier alpha value is -3.14. The molecule has 19 atom stereocenters. The second-order valence-corrected chi connectivity index (χ2v) is 22.6. The highest BCUT2D eigenvalue weighted by atomic mass is 16.5. The maximum absolute atomic E-state index is 14.7. The van der Waals surface area contributed by atoms with Gasteiger partial charge in [0.25, 0.3) is 0 Å². The highest BCUT2D eigenvalue weighted by Crippen LogP contribution is 2.83. The molecule has 7 fully saturated rings. The molecule has 4 bridgehead atoms. The maximum atomic E-state index is 14.7. The van der Waals surface area contributed by atoms with Gasteiger partial charge in [-0.2, -0.15) is 0 Å².